The van der Waals surface area contributed by atoms with Crippen LogP contribution in [0.15, 0.2) is 36.4 Å². The second kappa shape index (κ2) is 9.72. The van der Waals surface area contributed by atoms with E-state index in [1.54, 1.807) is 11.1 Å². The molecule has 0 aromatic heterocycles. The van der Waals surface area contributed by atoms with E-state index in [9.17, 15) is 10.2 Å². The molecule has 2 heteroatoms. The van der Waals surface area contributed by atoms with E-state index < -0.39 is 0 Å². The highest BCUT2D eigenvalue weighted by molar-refractivity contribution is 5.50. The number of aromatic hydroxyl groups is 2. The van der Waals surface area contributed by atoms with E-state index in [1.165, 1.54) is 101 Å². The summed E-state index contributed by atoms with van der Waals surface area (Å²) in [5.41, 5.74) is 6.07. The normalized spacial score (nSPS) is 27.5. The number of hydrogen-bond donors (Lipinski definition) is 2. The van der Waals surface area contributed by atoms with Gasteiger partial charge in [-0.1, -0.05) is 63.6 Å². The quantitative estimate of drug-likeness (QED) is 0.492. The molecule has 0 aliphatic heterocycles. The summed E-state index contributed by atoms with van der Waals surface area (Å²) in [6.07, 6.45) is 17.9. The van der Waals surface area contributed by atoms with E-state index in [0.29, 0.717) is 29.3 Å². The fourth-order valence-electron chi connectivity index (χ4n) is 7.38. The van der Waals surface area contributed by atoms with Gasteiger partial charge in [0.25, 0.3) is 0 Å². The second-order valence-electron chi connectivity index (χ2n) is 11.6. The molecule has 0 saturated heterocycles. The fraction of sp³-hybridized carbons (Fsp3) is 0.613. The molecule has 0 heterocycles. The minimum Gasteiger partial charge on any atom is -0.508 e. The lowest BCUT2D eigenvalue weighted by atomic mass is 9.64. The molecule has 0 bridgehead atoms. The third-order valence-electron chi connectivity index (χ3n) is 9.42. The Labute approximate surface area is 200 Å². The van der Waals surface area contributed by atoms with Crippen LogP contribution < -0.4 is 0 Å². The van der Waals surface area contributed by atoms with Gasteiger partial charge in [-0.05, 0) is 109 Å². The van der Waals surface area contributed by atoms with Gasteiger partial charge in [0.15, 0.2) is 0 Å². The molecule has 2 N–H and O–H groups in total. The van der Waals surface area contributed by atoms with Crippen LogP contribution >= 0.6 is 0 Å². The van der Waals surface area contributed by atoms with Crippen molar-refractivity contribution in [3.8, 4) is 11.5 Å². The van der Waals surface area contributed by atoms with Crippen molar-refractivity contribution in [3.05, 3.63) is 58.7 Å². The van der Waals surface area contributed by atoms with Gasteiger partial charge in [-0.3, -0.25) is 0 Å². The van der Waals surface area contributed by atoms with Crippen molar-refractivity contribution in [3.63, 3.8) is 0 Å². The summed E-state index contributed by atoms with van der Waals surface area (Å²) in [7, 11) is 0. The molecule has 3 aliphatic rings. The largest absolute Gasteiger partial charge is 0.508 e. The first-order chi connectivity index (χ1) is 16.0. The Balaban J connectivity index is 1.46. The van der Waals surface area contributed by atoms with Crippen molar-refractivity contribution in [1.82, 2.24) is 0 Å². The second-order valence-corrected chi connectivity index (χ2v) is 11.6. The number of phenolic OH excluding ortho intramolecular Hbond substituents is 2. The maximum atomic E-state index is 11.1. The molecular weight excluding hydrogens is 404 g/mol. The maximum absolute atomic E-state index is 11.1. The Morgan fingerprint density at radius 1 is 0.606 bits per heavy atom. The van der Waals surface area contributed by atoms with Gasteiger partial charge in [0.05, 0.1) is 0 Å². The monoisotopic (exact) mass is 446 g/mol. The zero-order valence-corrected chi connectivity index (χ0v) is 20.5. The molecule has 33 heavy (non-hydrogen) atoms. The molecule has 0 atom stereocenters. The Morgan fingerprint density at radius 2 is 1.15 bits per heavy atom. The van der Waals surface area contributed by atoms with Gasteiger partial charge in [0.2, 0.25) is 0 Å². The van der Waals surface area contributed by atoms with Crippen molar-refractivity contribution >= 4 is 0 Å². The first-order valence-corrected chi connectivity index (χ1v) is 13.7. The first-order valence-electron chi connectivity index (χ1n) is 13.7. The van der Waals surface area contributed by atoms with Crippen molar-refractivity contribution in [1.29, 1.82) is 0 Å². The van der Waals surface area contributed by atoms with Crippen LogP contribution in [0.4, 0.5) is 0 Å². The van der Waals surface area contributed by atoms with Gasteiger partial charge in [-0.15, -0.1) is 0 Å². The molecule has 5 rings (SSSR count). The lowest BCUT2D eigenvalue weighted by molar-refractivity contribution is 0.289. The lowest BCUT2D eigenvalue weighted by Gasteiger charge is -2.40. The summed E-state index contributed by atoms with van der Waals surface area (Å²) < 4.78 is 0. The van der Waals surface area contributed by atoms with Crippen molar-refractivity contribution in [2.75, 3.05) is 0 Å². The van der Waals surface area contributed by atoms with Crippen LogP contribution in [0.2, 0.25) is 0 Å². The van der Waals surface area contributed by atoms with Crippen LogP contribution in [0.25, 0.3) is 0 Å². The third-order valence-corrected chi connectivity index (χ3v) is 9.42. The Morgan fingerprint density at radius 3 is 1.73 bits per heavy atom. The first kappa shape index (κ1) is 22.8. The molecule has 2 aromatic carbocycles. The highest BCUT2D eigenvalue weighted by atomic mass is 16.3. The highest BCUT2D eigenvalue weighted by Crippen LogP contribution is 2.51. The summed E-state index contributed by atoms with van der Waals surface area (Å²) >= 11 is 0. The standard InChI is InChI=1S/C31H42O2/c1-31(25-12-14-26(32)15-13-25)20-18-22(19-21-31)27-16-17-28(33)30(24-10-6-3-7-11-24)29(27)23-8-4-2-5-9-23/h12-17,22-24,32-33H,2-11,18-21H2,1H3. The zero-order chi connectivity index (χ0) is 22.8. The molecule has 3 aliphatic carbocycles. The van der Waals surface area contributed by atoms with Crippen molar-refractivity contribution in [2.24, 2.45) is 0 Å². The topological polar surface area (TPSA) is 40.5 Å². The third kappa shape index (κ3) is 4.68. The zero-order valence-electron chi connectivity index (χ0n) is 20.5. The number of rotatable bonds is 4. The molecule has 2 nitrogen and oxygen atoms in total. The molecule has 3 fully saturated rings. The van der Waals surface area contributed by atoms with Crippen LogP contribution in [0.1, 0.15) is 137 Å². The van der Waals surface area contributed by atoms with Crippen LogP contribution in [0, 0.1) is 0 Å². The van der Waals surface area contributed by atoms with Crippen LogP contribution in [-0.2, 0) is 5.41 Å². The van der Waals surface area contributed by atoms with Crippen LogP contribution in [0.5, 0.6) is 11.5 Å². The van der Waals surface area contributed by atoms with Crippen LogP contribution in [0.3, 0.4) is 0 Å². The Bertz CT molecular complexity index is 924. The summed E-state index contributed by atoms with van der Waals surface area (Å²) in [6.45, 7) is 2.40. The lowest BCUT2D eigenvalue weighted by Crippen LogP contribution is -2.28. The minimum absolute atomic E-state index is 0.193. The average Bonchev–Trinajstić information content (AvgIpc) is 2.86. The van der Waals surface area contributed by atoms with Gasteiger partial charge in [0, 0.05) is 5.56 Å². The van der Waals surface area contributed by atoms with Gasteiger partial charge in [0.1, 0.15) is 11.5 Å². The number of phenols is 2. The van der Waals surface area contributed by atoms with Gasteiger partial charge < -0.3 is 10.2 Å². The Kier molecular flexibility index (Phi) is 6.72. The summed E-state index contributed by atoms with van der Waals surface area (Å²) in [5, 5.41) is 20.9. The van der Waals surface area contributed by atoms with Gasteiger partial charge in [-0.2, -0.15) is 0 Å². The number of hydrogen-bond acceptors (Lipinski definition) is 2. The minimum atomic E-state index is 0.193. The van der Waals surface area contributed by atoms with Crippen molar-refractivity contribution in [2.45, 2.75) is 120 Å². The van der Waals surface area contributed by atoms with E-state index in [0.717, 1.165) is 0 Å². The average molecular weight is 447 g/mol. The van der Waals surface area contributed by atoms with E-state index in [2.05, 4.69) is 25.1 Å². The predicted molar refractivity (Wildman–Crippen MR) is 136 cm³/mol. The van der Waals surface area contributed by atoms with Gasteiger partial charge in [-0.25, -0.2) is 0 Å². The fourth-order valence-corrected chi connectivity index (χ4v) is 7.38. The van der Waals surface area contributed by atoms with E-state index in [1.807, 2.05) is 18.2 Å². The van der Waals surface area contributed by atoms with Gasteiger partial charge >= 0.3 is 0 Å². The summed E-state index contributed by atoms with van der Waals surface area (Å²) in [5.74, 6) is 2.74. The summed E-state index contributed by atoms with van der Waals surface area (Å²) in [4.78, 5) is 0. The molecular formula is C31H42O2. The molecule has 178 valence electrons. The van der Waals surface area contributed by atoms with E-state index in [-0.39, 0.29) is 5.41 Å². The predicted octanol–water partition coefficient (Wildman–Crippen LogP) is 8.81. The molecule has 0 amide bonds. The molecule has 3 saturated carbocycles. The van der Waals surface area contributed by atoms with Crippen molar-refractivity contribution < 1.29 is 10.2 Å². The Hall–Kier alpha value is -1.96. The highest BCUT2D eigenvalue weighted by Gasteiger charge is 2.36. The molecule has 0 radical (unpaired) electrons. The number of benzene rings is 2. The molecule has 2 aromatic rings. The maximum Gasteiger partial charge on any atom is 0.119 e. The van der Waals surface area contributed by atoms with E-state index >= 15 is 0 Å². The van der Waals surface area contributed by atoms with Crippen LogP contribution in [-0.4, -0.2) is 10.2 Å². The molecule has 0 spiro atoms. The molecule has 0 unspecified atom stereocenters. The SMILES string of the molecule is CC1(c2ccc(O)cc2)CCC(c2ccc(O)c(C3CCCCC3)c2C2CCCCC2)CC1. The smallest absolute Gasteiger partial charge is 0.119 e. The summed E-state index contributed by atoms with van der Waals surface area (Å²) in [6, 6.07) is 12.3. The van der Waals surface area contributed by atoms with E-state index in [4.69, 9.17) is 0 Å².